The molecule has 7 nitrogen and oxygen atoms in total. The van der Waals surface area contributed by atoms with Crippen LogP contribution in [0.3, 0.4) is 0 Å². The third-order valence-electron chi connectivity index (χ3n) is 2.82. The number of aliphatic carboxylic acids is 2. The van der Waals surface area contributed by atoms with E-state index in [0.717, 1.165) is 0 Å². The molecule has 0 heterocycles. The van der Waals surface area contributed by atoms with Crippen molar-refractivity contribution in [3.8, 4) is 5.75 Å². The molecule has 0 aliphatic heterocycles. The van der Waals surface area contributed by atoms with Crippen molar-refractivity contribution < 1.29 is 29.3 Å². The van der Waals surface area contributed by atoms with Crippen molar-refractivity contribution in [1.82, 2.24) is 5.32 Å². The average Bonchev–Trinajstić information content (AvgIpc) is 2.43. The maximum atomic E-state index is 11.9. The zero-order valence-corrected chi connectivity index (χ0v) is 11.5. The van der Waals surface area contributed by atoms with Gasteiger partial charge in [0, 0.05) is 12.0 Å². The van der Waals surface area contributed by atoms with Crippen molar-refractivity contribution in [2.45, 2.75) is 25.3 Å². The van der Waals surface area contributed by atoms with Gasteiger partial charge in [-0.15, -0.1) is 0 Å². The fourth-order valence-electron chi connectivity index (χ4n) is 1.79. The van der Waals surface area contributed by atoms with Crippen molar-refractivity contribution in [2.24, 2.45) is 0 Å². The summed E-state index contributed by atoms with van der Waals surface area (Å²) in [6.45, 7) is 0. The standard InChI is InChI=1S/C14H17NO6/c1-21-11-5-3-2-4-9(11)8-12(16)15-10(14(19)20)6-7-13(17)18/h2-5,10H,6-8H2,1H3,(H,15,16)(H,17,18)(H,19,20). The topological polar surface area (TPSA) is 113 Å². The summed E-state index contributed by atoms with van der Waals surface area (Å²) in [7, 11) is 1.48. The van der Waals surface area contributed by atoms with Gasteiger partial charge >= 0.3 is 11.9 Å². The van der Waals surface area contributed by atoms with Crippen LogP contribution in [-0.4, -0.2) is 41.2 Å². The number of hydrogen-bond donors (Lipinski definition) is 3. The summed E-state index contributed by atoms with van der Waals surface area (Å²) in [4.78, 5) is 33.3. The Bertz CT molecular complexity index is 528. The van der Waals surface area contributed by atoms with Crippen LogP contribution in [0.4, 0.5) is 0 Å². The number of carbonyl (C=O) groups is 3. The monoisotopic (exact) mass is 295 g/mol. The first-order valence-corrected chi connectivity index (χ1v) is 6.30. The highest BCUT2D eigenvalue weighted by atomic mass is 16.5. The number of carbonyl (C=O) groups excluding carboxylic acids is 1. The van der Waals surface area contributed by atoms with E-state index < -0.39 is 23.9 Å². The number of methoxy groups -OCH3 is 1. The van der Waals surface area contributed by atoms with Gasteiger partial charge in [0.2, 0.25) is 5.91 Å². The van der Waals surface area contributed by atoms with Gasteiger partial charge in [-0.3, -0.25) is 9.59 Å². The van der Waals surface area contributed by atoms with Crippen molar-refractivity contribution in [3.63, 3.8) is 0 Å². The summed E-state index contributed by atoms with van der Waals surface area (Å²) in [6.07, 6.45) is -0.533. The fraction of sp³-hybridized carbons (Fsp3) is 0.357. The van der Waals surface area contributed by atoms with E-state index in [4.69, 9.17) is 14.9 Å². The first-order chi connectivity index (χ1) is 9.93. The molecule has 1 unspecified atom stereocenters. The summed E-state index contributed by atoms with van der Waals surface area (Å²) in [6, 6.07) is 5.67. The van der Waals surface area contributed by atoms with Crippen LogP contribution in [0.1, 0.15) is 18.4 Å². The Kier molecular flexibility index (Phi) is 6.19. The van der Waals surface area contributed by atoms with Crippen LogP contribution in [0, 0.1) is 0 Å². The smallest absolute Gasteiger partial charge is 0.326 e. The molecule has 1 amide bonds. The lowest BCUT2D eigenvalue weighted by atomic mass is 10.1. The van der Waals surface area contributed by atoms with E-state index in [9.17, 15) is 14.4 Å². The molecule has 0 bridgehead atoms. The summed E-state index contributed by atoms with van der Waals surface area (Å²) in [5, 5.41) is 19.8. The second-order valence-corrected chi connectivity index (χ2v) is 4.38. The molecular formula is C14H17NO6. The van der Waals surface area contributed by atoms with Gasteiger partial charge in [0.1, 0.15) is 11.8 Å². The molecule has 21 heavy (non-hydrogen) atoms. The van der Waals surface area contributed by atoms with Gasteiger partial charge < -0.3 is 20.3 Å². The number of amides is 1. The lowest BCUT2D eigenvalue weighted by molar-refractivity contribution is -0.143. The van der Waals surface area contributed by atoms with Gasteiger partial charge in [-0.2, -0.15) is 0 Å². The molecule has 1 atom stereocenters. The molecule has 0 saturated heterocycles. The van der Waals surface area contributed by atoms with Crippen molar-refractivity contribution in [3.05, 3.63) is 29.8 Å². The minimum absolute atomic E-state index is 0.0408. The second-order valence-electron chi connectivity index (χ2n) is 4.38. The molecule has 0 radical (unpaired) electrons. The van der Waals surface area contributed by atoms with Gasteiger partial charge in [0.15, 0.2) is 0 Å². The largest absolute Gasteiger partial charge is 0.496 e. The number of nitrogens with one attached hydrogen (secondary N) is 1. The summed E-state index contributed by atoms with van der Waals surface area (Å²) >= 11 is 0. The highest BCUT2D eigenvalue weighted by Gasteiger charge is 2.21. The Morgan fingerprint density at radius 3 is 2.48 bits per heavy atom. The van der Waals surface area contributed by atoms with Gasteiger partial charge in [-0.25, -0.2) is 4.79 Å². The highest BCUT2D eigenvalue weighted by Crippen LogP contribution is 2.17. The molecule has 0 aromatic heterocycles. The zero-order valence-electron chi connectivity index (χ0n) is 11.5. The molecule has 7 heteroatoms. The number of rotatable bonds is 8. The Morgan fingerprint density at radius 2 is 1.90 bits per heavy atom. The molecule has 1 aromatic rings. The number of benzene rings is 1. The second kappa shape index (κ2) is 7.88. The number of hydrogen-bond acceptors (Lipinski definition) is 4. The predicted octanol–water partition coefficient (Wildman–Crippen LogP) is 0.672. The van der Waals surface area contributed by atoms with Gasteiger partial charge in [-0.05, 0) is 12.5 Å². The number of ether oxygens (including phenoxy) is 1. The molecule has 1 aromatic carbocycles. The third kappa shape index (κ3) is 5.52. The minimum atomic E-state index is -1.26. The Labute approximate surface area is 121 Å². The molecule has 0 saturated carbocycles. The number of carboxylic acids is 2. The SMILES string of the molecule is COc1ccccc1CC(=O)NC(CCC(=O)O)C(=O)O. The molecule has 114 valence electrons. The molecule has 1 rings (SSSR count). The lowest BCUT2D eigenvalue weighted by Gasteiger charge is -2.14. The maximum absolute atomic E-state index is 11.9. The Hall–Kier alpha value is -2.57. The van der Waals surface area contributed by atoms with E-state index in [-0.39, 0.29) is 19.3 Å². The molecule has 0 aliphatic carbocycles. The van der Waals surface area contributed by atoms with E-state index in [2.05, 4.69) is 5.32 Å². The van der Waals surface area contributed by atoms with Crippen molar-refractivity contribution >= 4 is 17.8 Å². The number of carboxylic acid groups (broad SMARTS) is 2. The average molecular weight is 295 g/mol. The van der Waals surface area contributed by atoms with Gasteiger partial charge in [0.25, 0.3) is 0 Å². The van der Waals surface area contributed by atoms with E-state index >= 15 is 0 Å². The lowest BCUT2D eigenvalue weighted by Crippen LogP contribution is -2.41. The maximum Gasteiger partial charge on any atom is 0.326 e. The molecule has 0 spiro atoms. The first-order valence-electron chi connectivity index (χ1n) is 6.30. The molecule has 0 fully saturated rings. The van der Waals surface area contributed by atoms with Crippen LogP contribution in [0.15, 0.2) is 24.3 Å². The summed E-state index contributed by atoms with van der Waals surface area (Å²) in [5.41, 5.74) is 0.625. The highest BCUT2D eigenvalue weighted by molar-refractivity contribution is 5.85. The van der Waals surface area contributed by atoms with Crippen molar-refractivity contribution in [1.29, 1.82) is 0 Å². The Morgan fingerprint density at radius 1 is 1.24 bits per heavy atom. The van der Waals surface area contributed by atoms with Gasteiger partial charge in [0.05, 0.1) is 13.5 Å². The minimum Gasteiger partial charge on any atom is -0.496 e. The predicted molar refractivity (Wildman–Crippen MR) is 73.1 cm³/mol. The van der Waals surface area contributed by atoms with Gasteiger partial charge in [-0.1, -0.05) is 18.2 Å². The van der Waals surface area contributed by atoms with Crippen LogP contribution in [0.25, 0.3) is 0 Å². The Balaban J connectivity index is 2.65. The van der Waals surface area contributed by atoms with Crippen LogP contribution in [0.5, 0.6) is 5.75 Å². The van der Waals surface area contributed by atoms with Crippen LogP contribution < -0.4 is 10.1 Å². The van der Waals surface area contributed by atoms with E-state index in [1.807, 2.05) is 0 Å². The summed E-state index contributed by atoms with van der Waals surface area (Å²) < 4.78 is 5.10. The van der Waals surface area contributed by atoms with Crippen LogP contribution in [-0.2, 0) is 20.8 Å². The third-order valence-corrected chi connectivity index (χ3v) is 2.82. The quantitative estimate of drug-likeness (QED) is 0.649. The van der Waals surface area contributed by atoms with E-state index in [1.165, 1.54) is 7.11 Å². The van der Waals surface area contributed by atoms with E-state index in [0.29, 0.717) is 11.3 Å². The molecule has 3 N–H and O–H groups in total. The summed E-state index contributed by atoms with van der Waals surface area (Å²) in [5.74, 6) is -2.34. The first kappa shape index (κ1) is 16.5. The van der Waals surface area contributed by atoms with E-state index in [1.54, 1.807) is 24.3 Å². The van der Waals surface area contributed by atoms with Crippen LogP contribution >= 0.6 is 0 Å². The molecular weight excluding hydrogens is 278 g/mol. The fourth-order valence-corrected chi connectivity index (χ4v) is 1.79. The normalized spacial score (nSPS) is 11.5. The van der Waals surface area contributed by atoms with Crippen molar-refractivity contribution in [2.75, 3.05) is 7.11 Å². The van der Waals surface area contributed by atoms with Crippen LogP contribution in [0.2, 0.25) is 0 Å². The molecule has 0 aliphatic rings. The zero-order chi connectivity index (χ0) is 15.8. The number of para-hydroxylation sites is 1.